The molecule has 8 nitrogen and oxygen atoms in total. The molecule has 0 aliphatic carbocycles. The number of anilines is 1. The Bertz CT molecular complexity index is 1060. The van der Waals surface area contributed by atoms with E-state index in [0.717, 1.165) is 60.1 Å². The summed E-state index contributed by atoms with van der Waals surface area (Å²) < 4.78 is 7.43. The van der Waals surface area contributed by atoms with Gasteiger partial charge in [-0.1, -0.05) is 6.07 Å². The lowest BCUT2D eigenvalue weighted by molar-refractivity contribution is 0.266. The molecule has 0 saturated carbocycles. The van der Waals surface area contributed by atoms with Crippen molar-refractivity contribution in [3.63, 3.8) is 0 Å². The number of ether oxygens (including phenoxy) is 1. The highest BCUT2D eigenvalue weighted by Crippen LogP contribution is 2.34. The highest BCUT2D eigenvalue weighted by Gasteiger charge is 2.28. The van der Waals surface area contributed by atoms with E-state index in [2.05, 4.69) is 21.0 Å². The fourth-order valence-electron chi connectivity index (χ4n) is 4.30. The van der Waals surface area contributed by atoms with Crippen LogP contribution in [0.5, 0.6) is 5.75 Å². The van der Waals surface area contributed by atoms with Gasteiger partial charge in [0.15, 0.2) is 0 Å². The highest BCUT2D eigenvalue weighted by atomic mass is 16.5. The summed E-state index contributed by atoms with van der Waals surface area (Å²) in [7, 11) is 5.86. The Balaban J connectivity index is 1.54. The topological polar surface area (TPSA) is 79.5 Å². The number of benzene rings is 1. The van der Waals surface area contributed by atoms with Gasteiger partial charge in [0.25, 0.3) is 0 Å². The van der Waals surface area contributed by atoms with Crippen molar-refractivity contribution in [3.8, 4) is 16.9 Å². The van der Waals surface area contributed by atoms with E-state index in [9.17, 15) is 5.11 Å². The van der Waals surface area contributed by atoms with Crippen molar-refractivity contribution in [1.82, 2.24) is 24.6 Å². The minimum Gasteiger partial charge on any atom is -0.494 e. The molecule has 1 unspecified atom stereocenters. The Kier molecular flexibility index (Phi) is 6.72. The molecule has 1 saturated heterocycles. The summed E-state index contributed by atoms with van der Waals surface area (Å²) in [5, 5.41) is 14.0. The molecule has 0 bridgehead atoms. The second-order valence-electron chi connectivity index (χ2n) is 8.52. The number of likely N-dealkylation sites (tertiary alicyclic amines) is 1. The van der Waals surface area contributed by atoms with Crippen LogP contribution in [0, 0.1) is 0 Å². The average molecular weight is 437 g/mol. The zero-order valence-electron chi connectivity index (χ0n) is 19.3. The summed E-state index contributed by atoms with van der Waals surface area (Å²) in [6.07, 6.45) is 6.86. The number of rotatable bonds is 8. The monoisotopic (exact) mass is 436 g/mol. The third-order valence-corrected chi connectivity index (χ3v) is 5.88. The molecule has 1 aliphatic rings. The van der Waals surface area contributed by atoms with Gasteiger partial charge in [0.1, 0.15) is 5.75 Å². The Hall–Kier alpha value is -2.97. The molecule has 1 atom stereocenters. The van der Waals surface area contributed by atoms with Gasteiger partial charge in [0.05, 0.1) is 25.1 Å². The van der Waals surface area contributed by atoms with E-state index in [-0.39, 0.29) is 6.61 Å². The van der Waals surface area contributed by atoms with Crippen molar-refractivity contribution in [1.29, 1.82) is 0 Å². The van der Waals surface area contributed by atoms with Gasteiger partial charge in [-0.25, -0.2) is 9.97 Å². The number of aryl methyl sites for hydroxylation is 1. The van der Waals surface area contributed by atoms with Crippen molar-refractivity contribution >= 4 is 5.95 Å². The largest absolute Gasteiger partial charge is 0.494 e. The molecule has 3 heterocycles. The van der Waals surface area contributed by atoms with Crippen LogP contribution in [-0.2, 0) is 20.2 Å². The first-order valence-electron chi connectivity index (χ1n) is 11.1. The Morgan fingerprint density at radius 3 is 2.78 bits per heavy atom. The standard InChI is InChI=1S/C24H32N6O2/c1-5-32-22-7-6-17(10-19(22)16-31)13-30-9-8-18(15-30)23-21(20-11-26-29(4)14-20)12-25-24(27-23)28(2)3/h6-7,10-12,14,18,31H,5,8-9,13,15-16H2,1-4H3. The Morgan fingerprint density at radius 2 is 2.09 bits per heavy atom. The molecule has 1 aromatic carbocycles. The summed E-state index contributed by atoms with van der Waals surface area (Å²) in [6, 6.07) is 6.10. The van der Waals surface area contributed by atoms with Crippen molar-refractivity contribution < 1.29 is 9.84 Å². The van der Waals surface area contributed by atoms with Crippen LogP contribution in [-0.4, -0.2) is 63.5 Å². The van der Waals surface area contributed by atoms with E-state index in [1.807, 2.05) is 68.4 Å². The first-order chi connectivity index (χ1) is 15.5. The van der Waals surface area contributed by atoms with E-state index < -0.39 is 0 Å². The van der Waals surface area contributed by atoms with Gasteiger partial charge >= 0.3 is 0 Å². The molecule has 3 aromatic rings. The Labute approximate surface area is 189 Å². The summed E-state index contributed by atoms with van der Waals surface area (Å²) in [6.45, 7) is 5.29. The molecule has 0 amide bonds. The van der Waals surface area contributed by atoms with Gasteiger partial charge in [0.2, 0.25) is 5.95 Å². The van der Waals surface area contributed by atoms with Crippen LogP contribution in [0.4, 0.5) is 5.95 Å². The van der Waals surface area contributed by atoms with E-state index in [1.54, 1.807) is 0 Å². The zero-order valence-corrected chi connectivity index (χ0v) is 19.3. The summed E-state index contributed by atoms with van der Waals surface area (Å²) in [5.74, 6) is 1.81. The predicted octanol–water partition coefficient (Wildman–Crippen LogP) is 2.82. The first-order valence-corrected chi connectivity index (χ1v) is 11.1. The summed E-state index contributed by atoms with van der Waals surface area (Å²) in [5.41, 5.74) is 5.21. The molecule has 0 radical (unpaired) electrons. The minimum atomic E-state index is -0.0193. The van der Waals surface area contributed by atoms with Crippen LogP contribution in [0.25, 0.3) is 11.1 Å². The number of nitrogens with zero attached hydrogens (tertiary/aromatic N) is 6. The normalized spacial score (nSPS) is 16.5. The fourth-order valence-corrected chi connectivity index (χ4v) is 4.30. The van der Waals surface area contributed by atoms with Gasteiger partial charge in [-0.15, -0.1) is 0 Å². The van der Waals surface area contributed by atoms with Gasteiger partial charge in [-0.3, -0.25) is 9.58 Å². The van der Waals surface area contributed by atoms with E-state index >= 15 is 0 Å². The second-order valence-corrected chi connectivity index (χ2v) is 8.52. The molecule has 32 heavy (non-hydrogen) atoms. The maximum absolute atomic E-state index is 9.71. The maximum atomic E-state index is 9.71. The molecule has 1 fully saturated rings. The maximum Gasteiger partial charge on any atom is 0.225 e. The smallest absolute Gasteiger partial charge is 0.225 e. The third kappa shape index (κ3) is 4.76. The lowest BCUT2D eigenvalue weighted by Crippen LogP contribution is -2.21. The van der Waals surface area contributed by atoms with E-state index in [1.165, 1.54) is 5.56 Å². The lowest BCUT2D eigenvalue weighted by atomic mass is 9.97. The molecule has 0 spiro atoms. The van der Waals surface area contributed by atoms with Crippen molar-refractivity contribution in [2.45, 2.75) is 32.4 Å². The number of aliphatic hydroxyl groups is 1. The zero-order chi connectivity index (χ0) is 22.7. The molecule has 170 valence electrons. The van der Waals surface area contributed by atoms with Crippen LogP contribution >= 0.6 is 0 Å². The average Bonchev–Trinajstić information content (AvgIpc) is 3.43. The summed E-state index contributed by atoms with van der Waals surface area (Å²) in [4.78, 5) is 13.9. The van der Waals surface area contributed by atoms with Crippen LogP contribution < -0.4 is 9.64 Å². The van der Waals surface area contributed by atoms with Gasteiger partial charge in [0, 0.05) is 69.2 Å². The number of aliphatic hydroxyl groups excluding tert-OH is 1. The van der Waals surface area contributed by atoms with Gasteiger partial charge in [-0.05, 0) is 37.6 Å². The molecule has 8 heteroatoms. The van der Waals surface area contributed by atoms with Crippen LogP contribution in [0.3, 0.4) is 0 Å². The van der Waals surface area contributed by atoms with Gasteiger partial charge < -0.3 is 14.7 Å². The molecular formula is C24H32N6O2. The van der Waals surface area contributed by atoms with Crippen LogP contribution in [0.1, 0.15) is 36.1 Å². The molecule has 1 aliphatic heterocycles. The highest BCUT2D eigenvalue weighted by molar-refractivity contribution is 5.65. The quantitative estimate of drug-likeness (QED) is 0.582. The number of hydrogen-bond donors (Lipinski definition) is 1. The molecule has 2 aromatic heterocycles. The third-order valence-electron chi connectivity index (χ3n) is 5.88. The van der Waals surface area contributed by atoms with Gasteiger partial charge in [-0.2, -0.15) is 5.10 Å². The molecule has 4 rings (SSSR count). The first kappa shape index (κ1) is 22.2. The van der Waals surface area contributed by atoms with E-state index in [0.29, 0.717) is 12.5 Å². The SMILES string of the molecule is CCOc1ccc(CN2CCC(c3nc(N(C)C)ncc3-c3cnn(C)c3)C2)cc1CO. The van der Waals surface area contributed by atoms with Crippen molar-refractivity contribution in [2.75, 3.05) is 38.7 Å². The van der Waals surface area contributed by atoms with E-state index in [4.69, 9.17) is 9.72 Å². The van der Waals surface area contributed by atoms with Crippen molar-refractivity contribution in [3.05, 3.63) is 53.6 Å². The number of hydrogen-bond acceptors (Lipinski definition) is 7. The Morgan fingerprint density at radius 1 is 1.25 bits per heavy atom. The second kappa shape index (κ2) is 9.67. The lowest BCUT2D eigenvalue weighted by Gasteiger charge is -2.19. The van der Waals surface area contributed by atoms with Crippen molar-refractivity contribution in [2.24, 2.45) is 7.05 Å². The predicted molar refractivity (Wildman–Crippen MR) is 125 cm³/mol. The molecule has 1 N–H and O–H groups in total. The summed E-state index contributed by atoms with van der Waals surface area (Å²) >= 11 is 0. The fraction of sp³-hybridized carbons (Fsp3) is 0.458. The minimum absolute atomic E-state index is 0.0193. The molecular weight excluding hydrogens is 404 g/mol. The van der Waals surface area contributed by atoms with Crippen LogP contribution in [0.2, 0.25) is 0 Å². The number of aromatic nitrogens is 4. The van der Waals surface area contributed by atoms with Crippen LogP contribution in [0.15, 0.2) is 36.8 Å².